The number of benzene rings is 1. The van der Waals surface area contributed by atoms with E-state index in [1.807, 2.05) is 31.2 Å². The van der Waals surface area contributed by atoms with Gasteiger partial charge in [0.25, 0.3) is 0 Å². The first-order chi connectivity index (χ1) is 9.37. The summed E-state index contributed by atoms with van der Waals surface area (Å²) >= 11 is 0. The second kappa shape index (κ2) is 5.86. The maximum atomic E-state index is 12.2. The lowest BCUT2D eigenvalue weighted by molar-refractivity contribution is -0.153. The van der Waals surface area contributed by atoms with E-state index in [4.69, 9.17) is 10.5 Å². The standard InChI is InChI=1S/C17H25NO2/c1-12(13-5-4-6-14(18)11-13)16(19)20-15-7-9-17(2,3)10-8-15/h4-6,11-12,15H,7-10,18H2,1-3H3. The number of nitrogen functional groups attached to an aromatic ring is 1. The Labute approximate surface area is 121 Å². The fraction of sp³-hybridized carbons (Fsp3) is 0.588. The molecule has 0 aromatic heterocycles. The van der Waals surface area contributed by atoms with Crippen molar-refractivity contribution in [3.63, 3.8) is 0 Å². The van der Waals surface area contributed by atoms with Gasteiger partial charge in [0.1, 0.15) is 6.10 Å². The summed E-state index contributed by atoms with van der Waals surface area (Å²) in [6.45, 7) is 6.44. The van der Waals surface area contributed by atoms with Crippen molar-refractivity contribution in [3.05, 3.63) is 29.8 Å². The predicted molar refractivity (Wildman–Crippen MR) is 81.4 cm³/mol. The van der Waals surface area contributed by atoms with E-state index in [9.17, 15) is 4.79 Å². The summed E-state index contributed by atoms with van der Waals surface area (Å²) in [5.41, 5.74) is 7.75. The second-order valence-corrected chi connectivity index (χ2v) is 6.69. The number of esters is 1. The molecule has 0 saturated heterocycles. The van der Waals surface area contributed by atoms with Crippen molar-refractivity contribution in [1.82, 2.24) is 0 Å². The molecule has 20 heavy (non-hydrogen) atoms. The number of ether oxygens (including phenoxy) is 1. The first kappa shape index (κ1) is 14.9. The summed E-state index contributed by atoms with van der Waals surface area (Å²) in [7, 11) is 0. The largest absolute Gasteiger partial charge is 0.462 e. The summed E-state index contributed by atoms with van der Waals surface area (Å²) in [6, 6.07) is 7.46. The van der Waals surface area contributed by atoms with Gasteiger partial charge in [-0.2, -0.15) is 0 Å². The zero-order valence-electron chi connectivity index (χ0n) is 12.7. The van der Waals surface area contributed by atoms with Crippen LogP contribution in [-0.4, -0.2) is 12.1 Å². The number of carbonyl (C=O) groups is 1. The zero-order chi connectivity index (χ0) is 14.8. The molecule has 1 aliphatic rings. The van der Waals surface area contributed by atoms with Crippen LogP contribution in [0.1, 0.15) is 57.9 Å². The van der Waals surface area contributed by atoms with Gasteiger partial charge in [-0.25, -0.2) is 0 Å². The molecule has 1 unspecified atom stereocenters. The van der Waals surface area contributed by atoms with Gasteiger partial charge in [0, 0.05) is 5.69 Å². The smallest absolute Gasteiger partial charge is 0.313 e. The molecule has 1 atom stereocenters. The van der Waals surface area contributed by atoms with Gasteiger partial charge in [-0.1, -0.05) is 26.0 Å². The lowest BCUT2D eigenvalue weighted by atomic mass is 9.76. The Balaban J connectivity index is 1.92. The van der Waals surface area contributed by atoms with E-state index in [-0.39, 0.29) is 18.0 Å². The molecule has 1 aliphatic carbocycles. The Kier molecular flexibility index (Phi) is 4.36. The monoisotopic (exact) mass is 275 g/mol. The van der Waals surface area contributed by atoms with Crippen LogP contribution in [0.25, 0.3) is 0 Å². The molecule has 2 rings (SSSR count). The van der Waals surface area contributed by atoms with Crippen LogP contribution >= 0.6 is 0 Å². The molecule has 1 aromatic rings. The van der Waals surface area contributed by atoms with Crippen molar-refractivity contribution >= 4 is 11.7 Å². The number of carbonyl (C=O) groups excluding carboxylic acids is 1. The summed E-state index contributed by atoms with van der Waals surface area (Å²) in [4.78, 5) is 12.2. The van der Waals surface area contributed by atoms with Crippen molar-refractivity contribution < 1.29 is 9.53 Å². The Morgan fingerprint density at radius 2 is 2.00 bits per heavy atom. The molecule has 1 aromatic carbocycles. The predicted octanol–water partition coefficient (Wildman–Crippen LogP) is 3.88. The average Bonchev–Trinajstić information content (AvgIpc) is 2.40. The van der Waals surface area contributed by atoms with Crippen LogP contribution in [0.4, 0.5) is 5.69 Å². The van der Waals surface area contributed by atoms with Gasteiger partial charge in [-0.3, -0.25) is 4.79 Å². The molecule has 0 spiro atoms. The molecule has 3 heteroatoms. The Hall–Kier alpha value is -1.51. The van der Waals surface area contributed by atoms with E-state index in [0.717, 1.165) is 31.2 Å². The van der Waals surface area contributed by atoms with Gasteiger partial charge in [0.05, 0.1) is 5.92 Å². The molecule has 2 N–H and O–H groups in total. The van der Waals surface area contributed by atoms with Crippen LogP contribution < -0.4 is 5.73 Å². The molecule has 0 heterocycles. The summed E-state index contributed by atoms with van der Waals surface area (Å²) in [6.07, 6.45) is 4.28. The molecule has 0 amide bonds. The van der Waals surface area contributed by atoms with E-state index in [2.05, 4.69) is 13.8 Å². The van der Waals surface area contributed by atoms with Gasteiger partial charge in [0.15, 0.2) is 0 Å². The Morgan fingerprint density at radius 3 is 2.60 bits per heavy atom. The minimum absolute atomic E-state index is 0.0824. The van der Waals surface area contributed by atoms with E-state index in [0.29, 0.717) is 11.1 Å². The SMILES string of the molecule is CC(C(=O)OC1CCC(C)(C)CC1)c1cccc(N)c1. The number of anilines is 1. The van der Waals surface area contributed by atoms with E-state index in [1.54, 1.807) is 0 Å². The Morgan fingerprint density at radius 1 is 1.35 bits per heavy atom. The molecule has 0 radical (unpaired) electrons. The molecular formula is C17H25NO2. The van der Waals surface area contributed by atoms with Crippen molar-refractivity contribution in [1.29, 1.82) is 0 Å². The van der Waals surface area contributed by atoms with Crippen LogP contribution in [0, 0.1) is 5.41 Å². The normalized spacial score (nSPS) is 20.4. The molecule has 110 valence electrons. The van der Waals surface area contributed by atoms with Crippen molar-refractivity contribution in [2.45, 2.75) is 58.5 Å². The van der Waals surface area contributed by atoms with Crippen LogP contribution in [0.3, 0.4) is 0 Å². The van der Waals surface area contributed by atoms with Gasteiger partial charge < -0.3 is 10.5 Å². The van der Waals surface area contributed by atoms with Crippen LogP contribution in [-0.2, 0) is 9.53 Å². The van der Waals surface area contributed by atoms with Gasteiger partial charge in [-0.05, 0) is 55.7 Å². The third-order valence-corrected chi connectivity index (χ3v) is 4.33. The molecule has 0 bridgehead atoms. The third kappa shape index (κ3) is 3.75. The molecular weight excluding hydrogens is 250 g/mol. The highest BCUT2D eigenvalue weighted by Gasteiger charge is 2.30. The summed E-state index contributed by atoms with van der Waals surface area (Å²) in [5.74, 6) is -0.395. The van der Waals surface area contributed by atoms with E-state index in [1.165, 1.54) is 0 Å². The molecule has 3 nitrogen and oxygen atoms in total. The van der Waals surface area contributed by atoms with Crippen molar-refractivity contribution in [3.8, 4) is 0 Å². The van der Waals surface area contributed by atoms with Gasteiger partial charge in [-0.15, -0.1) is 0 Å². The highest BCUT2D eigenvalue weighted by Crippen LogP contribution is 2.36. The second-order valence-electron chi connectivity index (χ2n) is 6.69. The minimum atomic E-state index is -0.256. The Bertz CT molecular complexity index is 472. The fourth-order valence-corrected chi connectivity index (χ4v) is 2.72. The lowest BCUT2D eigenvalue weighted by Gasteiger charge is -2.34. The van der Waals surface area contributed by atoms with Crippen molar-refractivity contribution in [2.24, 2.45) is 5.41 Å². The fourth-order valence-electron chi connectivity index (χ4n) is 2.72. The molecule has 1 saturated carbocycles. The van der Waals surface area contributed by atoms with E-state index < -0.39 is 0 Å². The first-order valence-electron chi connectivity index (χ1n) is 7.43. The quantitative estimate of drug-likeness (QED) is 0.672. The summed E-state index contributed by atoms with van der Waals surface area (Å²) in [5, 5.41) is 0. The van der Waals surface area contributed by atoms with Crippen molar-refractivity contribution in [2.75, 3.05) is 5.73 Å². The topological polar surface area (TPSA) is 52.3 Å². The van der Waals surface area contributed by atoms with Crippen LogP contribution in [0.5, 0.6) is 0 Å². The minimum Gasteiger partial charge on any atom is -0.462 e. The van der Waals surface area contributed by atoms with E-state index >= 15 is 0 Å². The van der Waals surface area contributed by atoms with Gasteiger partial charge >= 0.3 is 5.97 Å². The highest BCUT2D eigenvalue weighted by atomic mass is 16.5. The number of rotatable bonds is 3. The number of nitrogens with two attached hydrogens (primary N) is 1. The number of hydrogen-bond donors (Lipinski definition) is 1. The molecule has 1 fully saturated rings. The zero-order valence-corrected chi connectivity index (χ0v) is 12.7. The summed E-state index contributed by atoms with van der Waals surface area (Å²) < 4.78 is 5.66. The first-order valence-corrected chi connectivity index (χ1v) is 7.43. The van der Waals surface area contributed by atoms with Crippen LogP contribution in [0.15, 0.2) is 24.3 Å². The third-order valence-electron chi connectivity index (χ3n) is 4.33. The van der Waals surface area contributed by atoms with Crippen LogP contribution in [0.2, 0.25) is 0 Å². The maximum Gasteiger partial charge on any atom is 0.313 e. The van der Waals surface area contributed by atoms with Gasteiger partial charge in [0.2, 0.25) is 0 Å². The lowest BCUT2D eigenvalue weighted by Crippen LogP contribution is -2.29. The number of hydrogen-bond acceptors (Lipinski definition) is 3. The average molecular weight is 275 g/mol. The highest BCUT2D eigenvalue weighted by molar-refractivity contribution is 5.78. The molecule has 0 aliphatic heterocycles. The maximum absolute atomic E-state index is 12.2.